The van der Waals surface area contributed by atoms with E-state index in [4.69, 9.17) is 19.2 Å². The molecule has 3 N–H and O–H groups in total. The van der Waals surface area contributed by atoms with Gasteiger partial charge in [0.05, 0.1) is 23.1 Å². The first-order valence-corrected chi connectivity index (χ1v) is 24.0. The monoisotopic (exact) mass is 961 g/mol. The summed E-state index contributed by atoms with van der Waals surface area (Å²) < 4.78 is 86.6. The van der Waals surface area contributed by atoms with Crippen molar-refractivity contribution in [1.82, 2.24) is 35.2 Å². The number of aromatic nitrogens is 3. The first-order chi connectivity index (χ1) is 31.4. The zero-order valence-corrected chi connectivity index (χ0v) is 39.4. The molecule has 3 aromatic rings. The summed E-state index contributed by atoms with van der Waals surface area (Å²) >= 11 is 0. The second kappa shape index (κ2) is 18.7. The van der Waals surface area contributed by atoms with Gasteiger partial charge >= 0.3 is 12.3 Å². The second-order valence-corrected chi connectivity index (χ2v) is 21.5. The number of carbonyl (C=O) groups is 4. The van der Waals surface area contributed by atoms with Crippen molar-refractivity contribution in [2.75, 3.05) is 6.54 Å². The lowest BCUT2D eigenvalue weighted by Crippen LogP contribution is -2.59. The van der Waals surface area contributed by atoms with E-state index in [1.54, 1.807) is 55.7 Å². The molecule has 20 heteroatoms. The zero-order valence-electron chi connectivity index (χ0n) is 38.6. The predicted octanol–water partition coefficient (Wildman–Crippen LogP) is 7.65. The number of pyridine rings is 1. The van der Waals surface area contributed by atoms with Crippen LogP contribution < -0.4 is 24.8 Å². The molecule has 7 atom stereocenters. The Hall–Kier alpha value is -5.79. The molecule has 4 aliphatic rings. The van der Waals surface area contributed by atoms with Gasteiger partial charge in [-0.05, 0) is 115 Å². The molecule has 0 radical (unpaired) electrons. The molecule has 16 nitrogen and oxygen atoms in total. The summed E-state index contributed by atoms with van der Waals surface area (Å²) in [5, 5.41) is 5.22. The normalized spacial score (nSPS) is 27.0. The van der Waals surface area contributed by atoms with E-state index < -0.39 is 85.9 Å². The van der Waals surface area contributed by atoms with Crippen LogP contribution in [0.5, 0.6) is 11.5 Å². The molecule has 0 spiro atoms. The van der Waals surface area contributed by atoms with Crippen molar-refractivity contribution in [3.05, 3.63) is 67.0 Å². The van der Waals surface area contributed by atoms with Crippen molar-refractivity contribution in [2.45, 2.75) is 140 Å². The summed E-state index contributed by atoms with van der Waals surface area (Å²) in [6.45, 7) is 10.1. The maximum absolute atomic E-state index is 15.0. The topological polar surface area (TPSA) is 208 Å². The molecule has 7 rings (SSSR count). The summed E-state index contributed by atoms with van der Waals surface area (Å²) in [5.74, 6) is -2.60. The maximum atomic E-state index is 15.0. The Kier molecular flexibility index (Phi) is 13.7. The molecular weight excluding hydrogens is 896 g/mol. The molecule has 0 unspecified atom stereocenters. The van der Waals surface area contributed by atoms with E-state index in [9.17, 15) is 40.8 Å². The first kappa shape index (κ1) is 49.1. The maximum Gasteiger partial charge on any atom is 0.427 e. The largest absolute Gasteiger partial charge is 0.491 e. The van der Waals surface area contributed by atoms with Crippen LogP contribution in [-0.4, -0.2) is 105 Å². The number of alkyl halides is 3. The molecule has 4 heterocycles. The number of nitrogens with one attached hydrogen (secondary N) is 3. The highest BCUT2D eigenvalue weighted by molar-refractivity contribution is 7.91. The van der Waals surface area contributed by atoms with Crippen LogP contribution in [0.25, 0.3) is 22.8 Å². The highest BCUT2D eigenvalue weighted by atomic mass is 32.2. The average Bonchev–Trinajstić information content (AvgIpc) is 4.14. The molecule has 2 saturated carbocycles. The lowest BCUT2D eigenvalue weighted by Gasteiger charge is -2.34. The molecule has 4 amide bonds. The number of carbonyl (C=O) groups excluding carboxylic acids is 4. The summed E-state index contributed by atoms with van der Waals surface area (Å²) in [5.41, 5.74) is -3.07. The third-order valence-electron chi connectivity index (χ3n) is 13.0. The smallest absolute Gasteiger partial charge is 0.427 e. The highest BCUT2D eigenvalue weighted by Crippen LogP contribution is 2.48. The molecule has 370 valence electrons. The summed E-state index contributed by atoms with van der Waals surface area (Å²) in [6.07, 6.45) is 1.51. The van der Waals surface area contributed by atoms with Gasteiger partial charge in [0.25, 0.3) is 5.91 Å². The standard InChI is InChI=1S/C47H58F3N7O9S.4H2/c1-27(2)64-32-15-13-30(14-16-32)35-22-33(23-36(53-35)39-51-19-10-20-52-39)65-34-24-37-40(58)55-46(42(60)56-67(62,63)45(7)17-18-45)25-31(46)12-9-8-11-28(3)21-29(4)38(41(59)57(37)26-34)54-43(61)66-44(5,6)47(48,49)50;;;;/h9-10,12-16,19-20,22-23,27-29,31,34,37-38H,8,11,17-18,21,24-26H2,1-7H3,(H,54,61)(H,55,58)(H,56,60);4*1H/b12-9-;;;;/t28-,29+,31+,34+,37-,38-,46+;;;;/m0..../s1. The van der Waals surface area contributed by atoms with Gasteiger partial charge in [0.2, 0.25) is 27.4 Å². The Morgan fingerprint density at radius 3 is 2.31 bits per heavy atom. The zero-order chi connectivity index (χ0) is 48.7. The van der Waals surface area contributed by atoms with E-state index in [1.165, 1.54) is 11.8 Å². The fourth-order valence-electron chi connectivity index (χ4n) is 8.48. The molecule has 1 aromatic carbocycles. The van der Waals surface area contributed by atoms with Gasteiger partial charge in [-0.15, -0.1) is 0 Å². The third kappa shape index (κ3) is 11.0. The van der Waals surface area contributed by atoms with Crippen LogP contribution in [0.2, 0.25) is 0 Å². The molecule has 3 fully saturated rings. The number of benzene rings is 1. The number of hydrogen-bond acceptors (Lipinski definition) is 12. The Morgan fingerprint density at radius 1 is 1.00 bits per heavy atom. The summed E-state index contributed by atoms with van der Waals surface area (Å²) in [4.78, 5) is 71.9. The molecule has 2 aliphatic heterocycles. The Labute approximate surface area is 394 Å². The van der Waals surface area contributed by atoms with Gasteiger partial charge in [-0.2, -0.15) is 13.2 Å². The molecule has 1 saturated heterocycles. The van der Waals surface area contributed by atoms with Crippen LogP contribution in [0, 0.1) is 17.8 Å². The van der Waals surface area contributed by atoms with Crippen molar-refractivity contribution in [3.63, 3.8) is 0 Å². The lowest BCUT2D eigenvalue weighted by atomic mass is 9.88. The number of ether oxygens (including phenoxy) is 3. The minimum Gasteiger partial charge on any atom is -0.491 e. The molecule has 2 aliphatic carbocycles. The minimum atomic E-state index is -4.93. The van der Waals surface area contributed by atoms with E-state index in [1.807, 2.05) is 39.0 Å². The Balaban J connectivity index is 0.00000333. The van der Waals surface area contributed by atoms with Crippen molar-refractivity contribution >= 4 is 33.8 Å². The van der Waals surface area contributed by atoms with E-state index in [-0.39, 0.29) is 48.7 Å². The van der Waals surface area contributed by atoms with E-state index in [0.29, 0.717) is 68.7 Å². The van der Waals surface area contributed by atoms with Crippen molar-refractivity contribution in [3.8, 4) is 34.3 Å². The van der Waals surface area contributed by atoms with Crippen LogP contribution >= 0.6 is 0 Å². The van der Waals surface area contributed by atoms with Gasteiger partial charge in [-0.25, -0.2) is 28.2 Å². The van der Waals surface area contributed by atoms with Crippen molar-refractivity contribution in [2.24, 2.45) is 17.8 Å². The molecule has 67 heavy (non-hydrogen) atoms. The number of halogens is 3. The van der Waals surface area contributed by atoms with Crippen molar-refractivity contribution < 1.29 is 60.7 Å². The van der Waals surface area contributed by atoms with Gasteiger partial charge in [0, 0.05) is 48.1 Å². The number of fused-ring (bicyclic) bond motifs is 2. The van der Waals surface area contributed by atoms with Crippen LogP contribution in [0.1, 0.15) is 99.1 Å². The molecule has 2 aromatic heterocycles. The number of nitrogens with zero attached hydrogens (tertiary/aromatic N) is 4. The van der Waals surface area contributed by atoms with Gasteiger partial charge in [0.15, 0.2) is 5.82 Å². The van der Waals surface area contributed by atoms with E-state index in [2.05, 4.69) is 25.3 Å². The lowest BCUT2D eigenvalue weighted by molar-refractivity contribution is -0.244. The van der Waals surface area contributed by atoms with Crippen molar-refractivity contribution in [1.29, 1.82) is 0 Å². The van der Waals surface area contributed by atoms with E-state index >= 15 is 0 Å². The van der Waals surface area contributed by atoms with Gasteiger partial charge in [-0.3, -0.25) is 19.1 Å². The van der Waals surface area contributed by atoms with Gasteiger partial charge in [0.1, 0.15) is 40.9 Å². The van der Waals surface area contributed by atoms with Crippen LogP contribution in [-0.2, 0) is 29.1 Å². The summed E-state index contributed by atoms with van der Waals surface area (Å²) in [6, 6.07) is 9.37. The fraction of sp³-hybridized carbons (Fsp3) is 0.553. The van der Waals surface area contributed by atoms with Crippen LogP contribution in [0.3, 0.4) is 0 Å². The first-order valence-electron chi connectivity index (χ1n) is 22.6. The quantitative estimate of drug-likeness (QED) is 0.159. The molecular formula is C47H66F3N7O9S. The third-order valence-corrected chi connectivity index (χ3v) is 15.1. The number of rotatable bonds is 11. The minimum absolute atomic E-state index is 0. The Morgan fingerprint density at radius 2 is 1.67 bits per heavy atom. The van der Waals surface area contributed by atoms with Gasteiger partial charge in [-0.1, -0.05) is 26.0 Å². The SMILES string of the molecule is CC(C)Oc1ccc(-c2cc(O[C@@H]3C[C@H]4C(=O)N[C@]5(C(=O)NS(=O)(=O)C6(C)CC6)C[C@H]5/C=C\CC[C@H](C)C[C@@H](C)[C@H](NC(=O)OC(C)(C)C(F)(F)F)C(=O)N4C3)cc(-c3ncccn3)n2)cc1.[HH].[HH].[HH].[HH]. The number of allylic oxidation sites excluding steroid dienone is 1. The number of amides is 4. The predicted molar refractivity (Wildman–Crippen MR) is 248 cm³/mol. The van der Waals surface area contributed by atoms with E-state index in [0.717, 1.165) is 0 Å². The average molecular weight is 962 g/mol. The summed E-state index contributed by atoms with van der Waals surface area (Å²) in [7, 11) is -4.11. The van der Waals surface area contributed by atoms with Crippen LogP contribution in [0.15, 0.2) is 67.0 Å². The number of sulfonamides is 1. The fourth-order valence-corrected chi connectivity index (χ4v) is 9.79. The highest BCUT2D eigenvalue weighted by Gasteiger charge is 2.63. The van der Waals surface area contributed by atoms with Crippen LogP contribution in [0.4, 0.5) is 18.0 Å². The van der Waals surface area contributed by atoms with Gasteiger partial charge < -0.3 is 29.7 Å². The second-order valence-electron chi connectivity index (χ2n) is 19.3. The number of alkyl carbamates (subject to hydrolysis) is 1. The molecule has 0 bridgehead atoms. The number of hydrogen-bond donors (Lipinski definition) is 3. The Bertz CT molecular complexity index is 2510.